The summed E-state index contributed by atoms with van der Waals surface area (Å²) >= 11 is 0. The van der Waals surface area contributed by atoms with E-state index in [0.29, 0.717) is 35.6 Å². The molecule has 0 amide bonds. The minimum absolute atomic E-state index is 0.129. The first-order valence-corrected chi connectivity index (χ1v) is 16.0. The molecule has 3 fully saturated rings. The average Bonchev–Trinajstić information content (AvgIpc) is 3.01. The number of hydrogen-bond donors (Lipinski definition) is 1. The predicted octanol–water partition coefficient (Wildman–Crippen LogP) is 7.56. The van der Waals surface area contributed by atoms with Crippen LogP contribution in [0.15, 0.2) is 5.11 Å². The van der Waals surface area contributed by atoms with Crippen molar-refractivity contribution in [3.63, 3.8) is 0 Å². The Labute approximate surface area is 197 Å². The third-order valence-electron chi connectivity index (χ3n) is 11.1. The van der Waals surface area contributed by atoms with Crippen molar-refractivity contribution in [1.29, 1.82) is 0 Å². The summed E-state index contributed by atoms with van der Waals surface area (Å²) in [5.41, 5.74) is 9.67. The second-order valence-electron chi connectivity index (χ2n) is 13.5. The van der Waals surface area contributed by atoms with Gasteiger partial charge in [-0.2, -0.15) is 0 Å². The van der Waals surface area contributed by atoms with Crippen LogP contribution in [0.25, 0.3) is 10.4 Å². The van der Waals surface area contributed by atoms with E-state index in [-0.39, 0.29) is 16.6 Å². The molecule has 3 rings (SSSR count). The zero-order valence-corrected chi connectivity index (χ0v) is 23.0. The van der Waals surface area contributed by atoms with Gasteiger partial charge in [0.25, 0.3) is 0 Å². The van der Waals surface area contributed by atoms with E-state index in [4.69, 9.17) is 9.96 Å². The van der Waals surface area contributed by atoms with Crippen LogP contribution in [0.1, 0.15) is 86.5 Å². The molecule has 0 spiro atoms. The van der Waals surface area contributed by atoms with Crippen LogP contribution in [-0.2, 0) is 4.43 Å². The van der Waals surface area contributed by atoms with Crippen LogP contribution in [-0.4, -0.2) is 32.7 Å². The fourth-order valence-electron chi connectivity index (χ4n) is 7.42. The average molecular weight is 464 g/mol. The molecule has 0 aromatic carbocycles. The van der Waals surface area contributed by atoms with Gasteiger partial charge < -0.3 is 9.53 Å². The zero-order valence-electron chi connectivity index (χ0n) is 22.0. The zero-order chi connectivity index (χ0) is 23.9. The Hall–Kier alpha value is -0.553. The summed E-state index contributed by atoms with van der Waals surface area (Å²) < 4.78 is 6.75. The molecule has 1 N–H and O–H groups in total. The third kappa shape index (κ3) is 4.67. The molecule has 5 nitrogen and oxygen atoms in total. The molecule has 6 heteroatoms. The predicted molar refractivity (Wildman–Crippen MR) is 135 cm³/mol. The Morgan fingerprint density at radius 3 is 2.31 bits per heavy atom. The highest BCUT2D eigenvalue weighted by Crippen LogP contribution is 2.64. The van der Waals surface area contributed by atoms with Crippen LogP contribution in [0.5, 0.6) is 0 Å². The minimum Gasteiger partial charge on any atom is -0.417 e. The topological polar surface area (TPSA) is 78.2 Å². The maximum Gasteiger partial charge on any atom is 0.191 e. The summed E-state index contributed by atoms with van der Waals surface area (Å²) in [6.45, 7) is 20.4. The molecule has 0 radical (unpaired) electrons. The van der Waals surface area contributed by atoms with Gasteiger partial charge in [-0.15, -0.1) is 0 Å². The minimum atomic E-state index is -1.85. The van der Waals surface area contributed by atoms with Crippen molar-refractivity contribution in [2.75, 3.05) is 13.2 Å². The van der Waals surface area contributed by atoms with Gasteiger partial charge in [0, 0.05) is 18.1 Å². The third-order valence-corrected chi connectivity index (χ3v) is 15.6. The number of hydrogen-bond acceptors (Lipinski definition) is 3. The van der Waals surface area contributed by atoms with Gasteiger partial charge in [0.15, 0.2) is 8.32 Å². The Kier molecular flexibility index (Phi) is 7.53. The van der Waals surface area contributed by atoms with Crippen LogP contribution < -0.4 is 0 Å². The van der Waals surface area contributed by atoms with E-state index in [9.17, 15) is 5.11 Å². The maximum absolute atomic E-state index is 10.6. The molecule has 0 aromatic rings. The highest BCUT2D eigenvalue weighted by Gasteiger charge is 2.57. The molecule has 3 saturated carbocycles. The van der Waals surface area contributed by atoms with Crippen molar-refractivity contribution in [3.8, 4) is 0 Å². The first kappa shape index (κ1) is 26.1. The Bertz CT molecular complexity index is 716. The van der Waals surface area contributed by atoms with Gasteiger partial charge in [0.1, 0.15) is 0 Å². The number of fused-ring (bicyclic) bond motifs is 1. The normalized spacial score (nSPS) is 42.9. The molecule has 0 aliphatic heterocycles. The molecular weight excluding hydrogens is 414 g/mol. The molecule has 0 aromatic heterocycles. The largest absolute Gasteiger partial charge is 0.417 e. The van der Waals surface area contributed by atoms with Gasteiger partial charge in [-0.1, -0.05) is 46.7 Å². The van der Waals surface area contributed by atoms with Crippen LogP contribution in [0.3, 0.4) is 0 Å². The summed E-state index contributed by atoms with van der Waals surface area (Å²) in [5.74, 6) is 2.75. The summed E-state index contributed by atoms with van der Waals surface area (Å²) in [4.78, 5) is 3.18. The van der Waals surface area contributed by atoms with Gasteiger partial charge >= 0.3 is 0 Å². The van der Waals surface area contributed by atoms with Gasteiger partial charge in [-0.25, -0.2) is 0 Å². The fourth-order valence-corrected chi connectivity index (χ4v) is 8.47. The van der Waals surface area contributed by atoms with E-state index in [2.05, 4.69) is 64.7 Å². The number of aliphatic hydroxyl groups excluding tert-OH is 1. The standard InChI is InChI=1S/C26H49N3O2Si/c1-18-9-10-22-21(16-28-29-27)23(12-14-25(18,22)5)26(6)13-11-20(30)15-19(26)17-31-32(7,8)24(2,3)4/h18-23,30H,9-17H2,1-8H3/t18-,19+,20-,21-,22-,23-,25+,26-/m0/s1. The molecule has 0 bridgehead atoms. The smallest absolute Gasteiger partial charge is 0.191 e. The van der Waals surface area contributed by atoms with Crippen molar-refractivity contribution in [1.82, 2.24) is 0 Å². The second-order valence-corrected chi connectivity index (χ2v) is 18.3. The van der Waals surface area contributed by atoms with E-state index in [1.165, 1.54) is 25.7 Å². The number of rotatable bonds is 6. The molecule has 32 heavy (non-hydrogen) atoms. The SMILES string of the molecule is C[C@H]1CC[C@H]2[C@H](CN=[N+]=[N-])[C@@H]([C@@]3(C)CC[C@H](O)C[C@@H]3CO[Si](C)(C)C(C)(C)C)CC[C@]12C. The maximum atomic E-state index is 10.6. The summed E-state index contributed by atoms with van der Waals surface area (Å²) in [5, 5.41) is 15.0. The van der Waals surface area contributed by atoms with Crippen molar-refractivity contribution in [2.45, 2.75) is 111 Å². The molecule has 0 saturated heterocycles. The Morgan fingerprint density at radius 2 is 1.69 bits per heavy atom. The van der Waals surface area contributed by atoms with Crippen molar-refractivity contribution in [3.05, 3.63) is 10.4 Å². The quantitative estimate of drug-likeness (QED) is 0.191. The molecule has 184 valence electrons. The number of nitrogens with zero attached hydrogens (tertiary/aromatic N) is 3. The number of aliphatic hydroxyl groups is 1. The monoisotopic (exact) mass is 463 g/mol. The summed E-state index contributed by atoms with van der Waals surface area (Å²) in [7, 11) is -1.85. The first-order chi connectivity index (χ1) is 14.8. The lowest BCUT2D eigenvalue weighted by atomic mass is 9.49. The highest BCUT2D eigenvalue weighted by molar-refractivity contribution is 6.74. The lowest BCUT2D eigenvalue weighted by Crippen LogP contribution is -2.53. The fraction of sp³-hybridized carbons (Fsp3) is 1.00. The van der Waals surface area contributed by atoms with Crippen LogP contribution in [0.2, 0.25) is 18.1 Å². The van der Waals surface area contributed by atoms with E-state index in [0.717, 1.165) is 31.8 Å². The molecule has 0 heterocycles. The highest BCUT2D eigenvalue weighted by atomic mass is 28.4. The van der Waals surface area contributed by atoms with Gasteiger partial charge in [0.2, 0.25) is 0 Å². The second kappa shape index (κ2) is 9.24. The lowest BCUT2D eigenvalue weighted by molar-refractivity contribution is -0.0991. The van der Waals surface area contributed by atoms with Crippen LogP contribution in [0, 0.1) is 40.4 Å². The number of azide groups is 1. The van der Waals surface area contributed by atoms with Crippen LogP contribution in [0.4, 0.5) is 0 Å². The molecular formula is C26H49N3O2Si. The first-order valence-electron chi connectivity index (χ1n) is 13.1. The molecule has 0 unspecified atom stereocenters. The van der Waals surface area contributed by atoms with Crippen LogP contribution >= 0.6 is 0 Å². The lowest BCUT2D eigenvalue weighted by Gasteiger charge is -2.57. The van der Waals surface area contributed by atoms with Gasteiger partial charge in [0.05, 0.1) is 6.10 Å². The van der Waals surface area contributed by atoms with E-state index in [1.54, 1.807) is 0 Å². The van der Waals surface area contributed by atoms with E-state index in [1.807, 2.05) is 0 Å². The Morgan fingerprint density at radius 1 is 1.06 bits per heavy atom. The van der Waals surface area contributed by atoms with Gasteiger partial charge in [-0.3, -0.25) is 0 Å². The van der Waals surface area contributed by atoms with Crippen molar-refractivity contribution >= 4 is 8.32 Å². The van der Waals surface area contributed by atoms with Crippen molar-refractivity contribution in [2.24, 2.45) is 45.5 Å². The van der Waals surface area contributed by atoms with E-state index >= 15 is 0 Å². The molecule has 8 atom stereocenters. The van der Waals surface area contributed by atoms with Crippen molar-refractivity contribution < 1.29 is 9.53 Å². The summed E-state index contributed by atoms with van der Waals surface area (Å²) in [6.07, 6.45) is 7.63. The molecule has 3 aliphatic carbocycles. The Balaban J connectivity index is 1.89. The van der Waals surface area contributed by atoms with Gasteiger partial charge in [-0.05, 0) is 109 Å². The molecule has 3 aliphatic rings. The summed E-state index contributed by atoms with van der Waals surface area (Å²) in [6, 6.07) is 0. The van der Waals surface area contributed by atoms with E-state index < -0.39 is 8.32 Å².